The molecule has 0 aliphatic rings. The zero-order chi connectivity index (χ0) is 22.2. The van der Waals surface area contributed by atoms with Gasteiger partial charge in [-0.3, -0.25) is 4.79 Å². The number of hydrogen-bond donors (Lipinski definition) is 1. The molecule has 1 aromatic heterocycles. The third-order valence-electron chi connectivity index (χ3n) is 5.91. The molecule has 3 rings (SSSR count). The number of benzene rings is 2. The van der Waals surface area contributed by atoms with Gasteiger partial charge in [-0.25, -0.2) is 0 Å². The molecule has 0 aliphatic heterocycles. The van der Waals surface area contributed by atoms with Crippen LogP contribution in [0.3, 0.4) is 0 Å². The minimum Gasteiger partial charge on any atom is -0.492 e. The van der Waals surface area contributed by atoms with Crippen LogP contribution in [0, 0.1) is 0 Å². The summed E-state index contributed by atoms with van der Waals surface area (Å²) in [7, 11) is 0. The maximum absolute atomic E-state index is 12.7. The van der Waals surface area contributed by atoms with Gasteiger partial charge in [0.2, 0.25) is 0 Å². The molecule has 0 saturated carbocycles. The highest BCUT2D eigenvalue weighted by Crippen LogP contribution is 2.27. The minimum absolute atomic E-state index is 0. The maximum Gasteiger partial charge on any atom is 0.256 e. The molecule has 0 amide bonds. The van der Waals surface area contributed by atoms with E-state index in [0.29, 0.717) is 18.6 Å². The summed E-state index contributed by atoms with van der Waals surface area (Å²) in [5.74, 6) is 1.49. The van der Waals surface area contributed by atoms with Crippen LogP contribution in [0.2, 0.25) is 0 Å². The van der Waals surface area contributed by atoms with Gasteiger partial charge in [-0.05, 0) is 61.9 Å². The summed E-state index contributed by atoms with van der Waals surface area (Å²) in [6, 6.07) is 11.6. The maximum atomic E-state index is 12.7. The second kappa shape index (κ2) is 14.3. The molecule has 0 radical (unpaired) electrons. The number of nitrogens with one attached hydrogen (secondary N) is 1. The Labute approximate surface area is 209 Å². The van der Waals surface area contributed by atoms with E-state index in [9.17, 15) is 4.79 Å². The highest BCUT2D eigenvalue weighted by atomic mass is 35.5. The van der Waals surface area contributed by atoms with Gasteiger partial charge in [0.05, 0.1) is 10.9 Å². The Bertz CT molecular complexity index is 1050. The van der Waals surface area contributed by atoms with Crippen molar-refractivity contribution in [3.8, 4) is 11.5 Å². The summed E-state index contributed by atoms with van der Waals surface area (Å²) in [6.45, 7) is 15.6. The number of halogens is 2. The largest absolute Gasteiger partial charge is 0.492 e. The molecule has 0 aliphatic carbocycles. The number of rotatable bonds is 12. The van der Waals surface area contributed by atoms with Gasteiger partial charge in [0.25, 0.3) is 5.56 Å². The van der Waals surface area contributed by atoms with Crippen molar-refractivity contribution in [2.75, 3.05) is 52.5 Å². The average Bonchev–Trinajstić information content (AvgIpc) is 2.79. The van der Waals surface area contributed by atoms with E-state index < -0.39 is 0 Å². The van der Waals surface area contributed by atoms with E-state index in [1.807, 2.05) is 36.4 Å². The van der Waals surface area contributed by atoms with Crippen LogP contribution in [-0.4, -0.2) is 67.3 Å². The predicted molar refractivity (Wildman–Crippen MR) is 143 cm³/mol. The van der Waals surface area contributed by atoms with Gasteiger partial charge in [-0.1, -0.05) is 27.7 Å². The third-order valence-corrected chi connectivity index (χ3v) is 5.91. The quantitative estimate of drug-likeness (QED) is 0.358. The van der Waals surface area contributed by atoms with Gasteiger partial charge in [0, 0.05) is 24.5 Å². The molecule has 3 aromatic rings. The van der Waals surface area contributed by atoms with Crippen LogP contribution in [0.1, 0.15) is 27.7 Å². The molecule has 184 valence electrons. The van der Waals surface area contributed by atoms with Crippen LogP contribution in [-0.2, 0) is 0 Å². The number of ether oxygens (including phenoxy) is 2. The first kappa shape index (κ1) is 29.0. The van der Waals surface area contributed by atoms with E-state index in [1.54, 1.807) is 0 Å². The fraction of sp³-hybridized carbons (Fsp3) is 0.480. The minimum atomic E-state index is -0.114. The molecular formula is C25H37Cl2N3O3. The van der Waals surface area contributed by atoms with Crippen molar-refractivity contribution in [2.24, 2.45) is 0 Å². The van der Waals surface area contributed by atoms with Crippen LogP contribution in [0.25, 0.3) is 21.7 Å². The lowest BCUT2D eigenvalue weighted by molar-refractivity contribution is 0.223. The van der Waals surface area contributed by atoms with E-state index >= 15 is 0 Å². The monoisotopic (exact) mass is 497 g/mol. The summed E-state index contributed by atoms with van der Waals surface area (Å²) < 4.78 is 11.8. The Kier molecular flexibility index (Phi) is 12.6. The zero-order valence-corrected chi connectivity index (χ0v) is 21.7. The zero-order valence-electron chi connectivity index (χ0n) is 20.1. The normalized spacial score (nSPS) is 11.0. The van der Waals surface area contributed by atoms with Crippen LogP contribution < -0.4 is 15.0 Å². The fourth-order valence-electron chi connectivity index (χ4n) is 3.84. The van der Waals surface area contributed by atoms with E-state index in [4.69, 9.17) is 9.47 Å². The van der Waals surface area contributed by atoms with Crippen molar-refractivity contribution in [2.45, 2.75) is 27.7 Å². The molecule has 0 spiro atoms. The smallest absolute Gasteiger partial charge is 0.256 e. The van der Waals surface area contributed by atoms with Crippen molar-refractivity contribution in [3.05, 3.63) is 46.8 Å². The number of aromatic nitrogens is 1. The number of hydrogen-bond acceptors (Lipinski definition) is 5. The first-order valence-corrected chi connectivity index (χ1v) is 11.4. The van der Waals surface area contributed by atoms with Gasteiger partial charge in [0.1, 0.15) is 24.7 Å². The van der Waals surface area contributed by atoms with Gasteiger partial charge < -0.3 is 24.3 Å². The lowest BCUT2D eigenvalue weighted by Gasteiger charge is -2.18. The molecule has 2 aromatic carbocycles. The van der Waals surface area contributed by atoms with E-state index in [-0.39, 0.29) is 30.4 Å². The molecular weight excluding hydrogens is 461 g/mol. The van der Waals surface area contributed by atoms with Crippen molar-refractivity contribution < 1.29 is 9.47 Å². The van der Waals surface area contributed by atoms with Gasteiger partial charge >= 0.3 is 0 Å². The molecule has 0 unspecified atom stereocenters. The number of aromatic amines is 1. The Morgan fingerprint density at radius 2 is 1.18 bits per heavy atom. The molecule has 33 heavy (non-hydrogen) atoms. The van der Waals surface area contributed by atoms with Crippen LogP contribution >= 0.6 is 24.8 Å². The molecule has 8 heteroatoms. The Hall–Kier alpha value is -1.99. The van der Waals surface area contributed by atoms with Crippen molar-refractivity contribution in [1.29, 1.82) is 0 Å². The summed E-state index contributed by atoms with van der Waals surface area (Å²) >= 11 is 0. The number of H-pyrrole nitrogens is 1. The molecule has 1 heterocycles. The molecule has 6 nitrogen and oxygen atoms in total. The molecule has 0 saturated heterocycles. The van der Waals surface area contributed by atoms with E-state index in [0.717, 1.165) is 67.1 Å². The second-order valence-corrected chi connectivity index (χ2v) is 7.62. The number of pyridine rings is 1. The SMILES string of the molecule is CCN(CC)CCOc1ccc2c(c1)[nH]c(=O)c1cc(OCCN(CC)CC)ccc12.Cl.Cl. The number of fused-ring (bicyclic) bond motifs is 3. The number of likely N-dealkylation sites (N-methyl/N-ethyl adjacent to an activating group) is 2. The van der Waals surface area contributed by atoms with Gasteiger partial charge in [0.15, 0.2) is 0 Å². The molecule has 0 fully saturated rings. The van der Waals surface area contributed by atoms with Crippen molar-refractivity contribution in [3.63, 3.8) is 0 Å². The van der Waals surface area contributed by atoms with Gasteiger partial charge in [-0.2, -0.15) is 0 Å². The molecule has 1 N–H and O–H groups in total. The first-order valence-electron chi connectivity index (χ1n) is 11.4. The summed E-state index contributed by atoms with van der Waals surface area (Å²) in [5, 5.41) is 2.56. The lowest BCUT2D eigenvalue weighted by atomic mass is 10.1. The molecule has 0 bridgehead atoms. The Morgan fingerprint density at radius 3 is 1.70 bits per heavy atom. The average molecular weight is 498 g/mol. The Balaban J connectivity index is 0.00000272. The summed E-state index contributed by atoms with van der Waals surface area (Å²) in [4.78, 5) is 20.4. The second-order valence-electron chi connectivity index (χ2n) is 7.62. The van der Waals surface area contributed by atoms with Crippen LogP contribution in [0.4, 0.5) is 0 Å². The Morgan fingerprint density at radius 1 is 0.697 bits per heavy atom. The van der Waals surface area contributed by atoms with Crippen LogP contribution in [0.15, 0.2) is 41.2 Å². The van der Waals surface area contributed by atoms with Gasteiger partial charge in [-0.15, -0.1) is 24.8 Å². The van der Waals surface area contributed by atoms with E-state index in [1.165, 1.54) is 0 Å². The molecule has 0 atom stereocenters. The standard InChI is InChI=1S/C25H35N3O3.2ClH/c1-5-27(6-2)13-15-30-19-9-11-21-22-12-10-20(31-16-14-28(7-3)8-4)18-24(22)26-25(29)23(21)17-19;;/h9-12,17-18H,5-8,13-16H2,1-4H3,(H,26,29);2*1H. The third kappa shape index (κ3) is 7.51. The predicted octanol–water partition coefficient (Wildman–Crippen LogP) is 4.97. The van der Waals surface area contributed by atoms with Crippen LogP contribution in [0.5, 0.6) is 11.5 Å². The lowest BCUT2D eigenvalue weighted by Crippen LogP contribution is -2.27. The van der Waals surface area contributed by atoms with Crippen molar-refractivity contribution >= 4 is 46.5 Å². The summed E-state index contributed by atoms with van der Waals surface area (Å²) in [5.41, 5.74) is 0.671. The fourth-order valence-corrected chi connectivity index (χ4v) is 3.84. The summed E-state index contributed by atoms with van der Waals surface area (Å²) in [6.07, 6.45) is 0. The highest BCUT2D eigenvalue weighted by Gasteiger charge is 2.09. The topological polar surface area (TPSA) is 57.8 Å². The van der Waals surface area contributed by atoms with E-state index in [2.05, 4.69) is 42.5 Å². The van der Waals surface area contributed by atoms with Crippen molar-refractivity contribution in [1.82, 2.24) is 14.8 Å². The number of nitrogens with zero attached hydrogens (tertiary/aromatic N) is 2. The highest BCUT2D eigenvalue weighted by molar-refractivity contribution is 6.05. The first-order chi connectivity index (χ1) is 15.1.